The van der Waals surface area contributed by atoms with Crippen LogP contribution in [0.3, 0.4) is 0 Å². The molecule has 2 aromatic rings. The molecule has 0 radical (unpaired) electrons. The highest BCUT2D eigenvalue weighted by Crippen LogP contribution is 2.58. The summed E-state index contributed by atoms with van der Waals surface area (Å²) in [4.78, 5) is 0. The molecule has 2 atom stereocenters. The van der Waals surface area contributed by atoms with Crippen molar-refractivity contribution in [1.82, 2.24) is 0 Å². The third-order valence-electron chi connectivity index (χ3n) is 5.77. The van der Waals surface area contributed by atoms with Crippen LogP contribution < -0.4 is 4.74 Å². The van der Waals surface area contributed by atoms with E-state index in [0.29, 0.717) is 5.41 Å². The summed E-state index contributed by atoms with van der Waals surface area (Å²) in [5.41, 5.74) is 3.49. The summed E-state index contributed by atoms with van der Waals surface area (Å²) in [5, 5.41) is 9.80. The van der Waals surface area contributed by atoms with E-state index in [4.69, 9.17) is 9.47 Å². The lowest BCUT2D eigenvalue weighted by molar-refractivity contribution is -0.224. The predicted molar refractivity (Wildman–Crippen MR) is 102 cm³/mol. The van der Waals surface area contributed by atoms with Crippen molar-refractivity contribution >= 4 is 0 Å². The van der Waals surface area contributed by atoms with Crippen LogP contribution >= 0.6 is 0 Å². The molecule has 2 fully saturated rings. The van der Waals surface area contributed by atoms with E-state index >= 15 is 0 Å². The van der Waals surface area contributed by atoms with Crippen molar-refractivity contribution in [1.29, 1.82) is 0 Å². The minimum atomic E-state index is -0.496. The van der Waals surface area contributed by atoms with E-state index < -0.39 is 5.60 Å². The first-order valence-corrected chi connectivity index (χ1v) is 9.58. The van der Waals surface area contributed by atoms with Crippen LogP contribution in [0.25, 0.3) is 0 Å². The first kappa shape index (κ1) is 17.6. The molecule has 2 aromatic carbocycles. The fraction of sp³-hybridized carbons (Fsp3) is 0.478. The van der Waals surface area contributed by atoms with Crippen molar-refractivity contribution in [3.8, 4) is 5.75 Å². The van der Waals surface area contributed by atoms with Gasteiger partial charge >= 0.3 is 0 Å². The zero-order valence-corrected chi connectivity index (χ0v) is 15.7. The van der Waals surface area contributed by atoms with E-state index in [1.54, 1.807) is 0 Å². The Balaban J connectivity index is 1.56. The molecule has 0 aromatic heterocycles. The second kappa shape index (κ2) is 6.71. The van der Waals surface area contributed by atoms with E-state index in [-0.39, 0.29) is 12.9 Å². The average Bonchev–Trinajstić information content (AvgIpc) is 3.35. The molecule has 1 aliphatic carbocycles. The lowest BCUT2D eigenvalue weighted by Crippen LogP contribution is -2.47. The number of ether oxygens (including phenoxy) is 2. The average molecular weight is 352 g/mol. The molecule has 1 saturated carbocycles. The molecule has 2 aliphatic rings. The number of rotatable bonds is 5. The molecule has 1 N–H and O–H groups in total. The van der Waals surface area contributed by atoms with Gasteiger partial charge in [0.15, 0.2) is 0 Å². The SMILES string of the molecule is Cc1ccc(O[C@H]2CC3(CC3)CC(C)(CO)O2)c(Cc2ccccc2)c1. The smallest absolute Gasteiger partial charge is 0.201 e. The van der Waals surface area contributed by atoms with Crippen molar-refractivity contribution < 1.29 is 14.6 Å². The predicted octanol–water partition coefficient (Wildman–Crippen LogP) is 4.63. The van der Waals surface area contributed by atoms with Crippen LogP contribution in [0.15, 0.2) is 48.5 Å². The van der Waals surface area contributed by atoms with E-state index in [0.717, 1.165) is 25.0 Å². The quantitative estimate of drug-likeness (QED) is 0.852. The first-order chi connectivity index (χ1) is 12.5. The monoisotopic (exact) mass is 352 g/mol. The Morgan fingerprint density at radius 3 is 2.62 bits per heavy atom. The van der Waals surface area contributed by atoms with Crippen molar-refractivity contribution in [3.05, 3.63) is 65.2 Å². The highest BCUT2D eigenvalue weighted by Gasteiger charge is 2.54. The molecule has 1 aliphatic heterocycles. The molecule has 1 heterocycles. The van der Waals surface area contributed by atoms with Crippen LogP contribution in [0.5, 0.6) is 5.75 Å². The van der Waals surface area contributed by atoms with Crippen LogP contribution in [-0.4, -0.2) is 23.6 Å². The molecule has 26 heavy (non-hydrogen) atoms. The minimum Gasteiger partial charge on any atom is -0.465 e. The van der Waals surface area contributed by atoms with Gasteiger partial charge in [0.25, 0.3) is 0 Å². The maximum atomic E-state index is 9.80. The molecule has 1 unspecified atom stereocenters. The van der Waals surface area contributed by atoms with Gasteiger partial charge in [0.2, 0.25) is 6.29 Å². The molecular weight excluding hydrogens is 324 g/mol. The minimum absolute atomic E-state index is 0.0411. The summed E-state index contributed by atoms with van der Waals surface area (Å²) in [6.07, 6.45) is 4.84. The van der Waals surface area contributed by atoms with Crippen LogP contribution in [0, 0.1) is 12.3 Å². The van der Waals surface area contributed by atoms with Gasteiger partial charge in [-0.25, -0.2) is 0 Å². The third-order valence-corrected chi connectivity index (χ3v) is 5.77. The van der Waals surface area contributed by atoms with Gasteiger partial charge in [-0.2, -0.15) is 0 Å². The van der Waals surface area contributed by atoms with Crippen LogP contribution in [0.4, 0.5) is 0 Å². The fourth-order valence-electron chi connectivity index (χ4n) is 4.25. The normalized spacial score (nSPS) is 26.7. The van der Waals surface area contributed by atoms with Gasteiger partial charge in [-0.1, -0.05) is 48.0 Å². The zero-order chi connectivity index (χ0) is 18.2. The second-order valence-electron chi connectivity index (χ2n) is 8.43. The largest absolute Gasteiger partial charge is 0.465 e. The topological polar surface area (TPSA) is 38.7 Å². The standard InChI is InChI=1S/C23H28O3/c1-17-8-9-20(19(12-17)13-18-6-4-3-5-7-18)25-21-14-23(10-11-23)15-22(2,16-24)26-21/h3-9,12,21,24H,10-11,13-16H2,1-2H3/t21-,22?/m1/s1. The number of hydrogen-bond donors (Lipinski definition) is 1. The Kier molecular flexibility index (Phi) is 4.54. The van der Waals surface area contributed by atoms with Gasteiger partial charge in [-0.15, -0.1) is 0 Å². The molecule has 3 heteroatoms. The molecule has 138 valence electrons. The zero-order valence-electron chi connectivity index (χ0n) is 15.7. The van der Waals surface area contributed by atoms with Crippen molar-refractivity contribution in [3.63, 3.8) is 0 Å². The Bertz CT molecular complexity index is 766. The van der Waals surface area contributed by atoms with Gasteiger partial charge in [0, 0.05) is 12.8 Å². The van der Waals surface area contributed by atoms with Gasteiger partial charge in [0.1, 0.15) is 5.75 Å². The summed E-state index contributed by atoms with van der Waals surface area (Å²) >= 11 is 0. The Hall–Kier alpha value is -1.84. The molecule has 1 saturated heterocycles. The van der Waals surface area contributed by atoms with Gasteiger partial charge in [-0.3, -0.25) is 0 Å². The Labute approximate surface area is 156 Å². The summed E-state index contributed by atoms with van der Waals surface area (Å²) in [5.74, 6) is 0.891. The molecule has 0 bridgehead atoms. The summed E-state index contributed by atoms with van der Waals surface area (Å²) in [6.45, 7) is 4.15. The van der Waals surface area contributed by atoms with Crippen molar-refractivity contribution in [2.45, 2.75) is 57.8 Å². The number of benzene rings is 2. The Morgan fingerprint density at radius 1 is 1.15 bits per heavy atom. The van der Waals surface area contributed by atoms with Crippen LogP contribution in [-0.2, 0) is 11.2 Å². The maximum Gasteiger partial charge on any atom is 0.201 e. The molecular formula is C23H28O3. The van der Waals surface area contributed by atoms with E-state index in [1.807, 2.05) is 13.0 Å². The summed E-state index contributed by atoms with van der Waals surface area (Å²) in [6, 6.07) is 16.8. The highest BCUT2D eigenvalue weighted by atomic mass is 16.7. The van der Waals surface area contributed by atoms with E-state index in [9.17, 15) is 5.11 Å². The van der Waals surface area contributed by atoms with Crippen LogP contribution in [0.2, 0.25) is 0 Å². The van der Waals surface area contributed by atoms with Gasteiger partial charge in [0.05, 0.1) is 12.2 Å². The Morgan fingerprint density at radius 2 is 1.92 bits per heavy atom. The summed E-state index contributed by atoms with van der Waals surface area (Å²) < 4.78 is 12.5. The second-order valence-corrected chi connectivity index (χ2v) is 8.43. The number of aliphatic hydroxyl groups is 1. The van der Waals surface area contributed by atoms with Crippen molar-refractivity contribution in [2.24, 2.45) is 5.41 Å². The summed E-state index contributed by atoms with van der Waals surface area (Å²) in [7, 11) is 0. The number of hydrogen-bond acceptors (Lipinski definition) is 3. The lowest BCUT2D eigenvalue weighted by Gasteiger charge is -2.42. The molecule has 3 nitrogen and oxygen atoms in total. The van der Waals surface area contributed by atoms with Gasteiger partial charge in [-0.05, 0) is 55.7 Å². The lowest BCUT2D eigenvalue weighted by atomic mass is 9.84. The fourth-order valence-corrected chi connectivity index (χ4v) is 4.25. The van der Waals surface area contributed by atoms with E-state index in [1.165, 1.54) is 29.5 Å². The first-order valence-electron chi connectivity index (χ1n) is 9.58. The van der Waals surface area contributed by atoms with Crippen molar-refractivity contribution in [2.75, 3.05) is 6.61 Å². The number of aryl methyl sites for hydroxylation is 1. The number of aliphatic hydroxyl groups excluding tert-OH is 1. The highest BCUT2D eigenvalue weighted by molar-refractivity contribution is 5.40. The molecule has 4 rings (SSSR count). The van der Waals surface area contributed by atoms with Gasteiger partial charge < -0.3 is 14.6 Å². The van der Waals surface area contributed by atoms with Crippen LogP contribution in [0.1, 0.15) is 49.3 Å². The molecule has 0 amide bonds. The van der Waals surface area contributed by atoms with E-state index in [2.05, 4.69) is 49.4 Å². The third kappa shape index (κ3) is 3.79. The molecule has 1 spiro atoms. The maximum absolute atomic E-state index is 9.80.